The molecule has 0 radical (unpaired) electrons. The number of nitrogens with zero attached hydrogens (tertiary/aromatic N) is 3. The van der Waals surface area contributed by atoms with Crippen molar-refractivity contribution in [3.8, 4) is 0 Å². The van der Waals surface area contributed by atoms with Gasteiger partial charge in [0.05, 0.1) is 11.9 Å². The van der Waals surface area contributed by atoms with Crippen LogP contribution in [-0.4, -0.2) is 20.7 Å². The van der Waals surface area contributed by atoms with Crippen LogP contribution >= 0.6 is 11.3 Å². The molecule has 0 aromatic carbocycles. The van der Waals surface area contributed by atoms with Crippen LogP contribution in [0.4, 0.5) is 10.9 Å². The topological polar surface area (TPSA) is 85.8 Å². The second kappa shape index (κ2) is 4.77. The number of rotatable bonds is 3. The lowest BCUT2D eigenvalue weighted by atomic mass is 10.3. The van der Waals surface area contributed by atoms with Crippen LogP contribution in [0.5, 0.6) is 0 Å². The second-order valence-electron chi connectivity index (χ2n) is 4.18. The minimum atomic E-state index is -0.205. The Morgan fingerprint density at radius 1 is 1.56 bits per heavy atom. The molecule has 2 aromatic heterocycles. The van der Waals surface area contributed by atoms with Crippen molar-refractivity contribution in [2.75, 3.05) is 11.1 Å². The van der Waals surface area contributed by atoms with E-state index in [-0.39, 0.29) is 11.9 Å². The first-order valence-electron chi connectivity index (χ1n) is 5.56. The summed E-state index contributed by atoms with van der Waals surface area (Å²) in [5, 5.41) is 7.37. The second-order valence-corrected chi connectivity index (χ2v) is 5.21. The van der Waals surface area contributed by atoms with Crippen molar-refractivity contribution in [3.63, 3.8) is 0 Å². The number of amides is 1. The summed E-state index contributed by atoms with van der Waals surface area (Å²) in [7, 11) is 0. The number of hydrogen-bond donors (Lipinski definition) is 2. The van der Waals surface area contributed by atoms with E-state index in [1.165, 1.54) is 11.3 Å². The largest absolute Gasteiger partial charge is 0.375 e. The third-order valence-corrected chi connectivity index (χ3v) is 3.41. The van der Waals surface area contributed by atoms with E-state index < -0.39 is 0 Å². The molecule has 0 aliphatic rings. The Hall–Kier alpha value is -1.89. The highest BCUT2D eigenvalue weighted by molar-refractivity contribution is 7.17. The summed E-state index contributed by atoms with van der Waals surface area (Å²) in [5.74, 6) is 0.463. The molecule has 0 saturated heterocycles. The van der Waals surface area contributed by atoms with E-state index in [1.54, 1.807) is 23.9 Å². The van der Waals surface area contributed by atoms with Crippen molar-refractivity contribution in [1.82, 2.24) is 14.8 Å². The predicted molar refractivity (Wildman–Crippen MR) is 71.8 cm³/mol. The number of nitrogens with one attached hydrogen (secondary N) is 1. The zero-order chi connectivity index (χ0) is 13.3. The van der Waals surface area contributed by atoms with Crippen LogP contribution in [0.2, 0.25) is 0 Å². The average Bonchev–Trinajstić information content (AvgIpc) is 2.85. The molecular formula is C11H15N5OS. The summed E-state index contributed by atoms with van der Waals surface area (Å²) >= 11 is 1.18. The molecule has 0 atom stereocenters. The summed E-state index contributed by atoms with van der Waals surface area (Å²) in [6, 6.07) is 1.94. The molecule has 2 rings (SSSR count). The highest BCUT2D eigenvalue weighted by atomic mass is 32.1. The Bertz CT molecular complexity index is 572. The van der Waals surface area contributed by atoms with Gasteiger partial charge in [-0.15, -0.1) is 0 Å². The SMILES string of the molecule is Cc1nc(N)sc1C(=O)Nc1ccnn1C(C)C. The van der Waals surface area contributed by atoms with Crippen LogP contribution in [0.1, 0.15) is 35.3 Å². The van der Waals surface area contributed by atoms with Gasteiger partial charge in [0.15, 0.2) is 5.13 Å². The third-order valence-electron chi connectivity index (χ3n) is 2.42. The first-order chi connectivity index (χ1) is 8.49. The van der Waals surface area contributed by atoms with Crippen LogP contribution < -0.4 is 11.1 Å². The lowest BCUT2D eigenvalue weighted by Gasteiger charge is -2.11. The summed E-state index contributed by atoms with van der Waals surface area (Å²) in [6.45, 7) is 5.76. The molecule has 18 heavy (non-hydrogen) atoms. The molecule has 3 N–H and O–H groups in total. The lowest BCUT2D eigenvalue weighted by Crippen LogP contribution is -2.16. The smallest absolute Gasteiger partial charge is 0.268 e. The van der Waals surface area contributed by atoms with E-state index >= 15 is 0 Å². The van der Waals surface area contributed by atoms with Gasteiger partial charge < -0.3 is 11.1 Å². The van der Waals surface area contributed by atoms with Gasteiger partial charge in [-0.25, -0.2) is 9.67 Å². The number of carbonyl (C=O) groups is 1. The highest BCUT2D eigenvalue weighted by Gasteiger charge is 2.16. The normalized spacial score (nSPS) is 10.9. The molecule has 96 valence electrons. The number of aryl methyl sites for hydroxylation is 1. The van der Waals surface area contributed by atoms with Gasteiger partial charge in [-0.3, -0.25) is 4.79 Å². The van der Waals surface area contributed by atoms with E-state index in [1.807, 2.05) is 13.8 Å². The summed E-state index contributed by atoms with van der Waals surface area (Å²) in [5.41, 5.74) is 6.22. The standard InChI is InChI=1S/C11H15N5OS/c1-6(2)16-8(4-5-13-16)15-10(17)9-7(3)14-11(12)18-9/h4-6H,1-3H3,(H2,12,14)(H,15,17). The van der Waals surface area contributed by atoms with Crippen molar-refractivity contribution < 1.29 is 4.79 Å². The fraction of sp³-hybridized carbons (Fsp3) is 0.364. The van der Waals surface area contributed by atoms with Crippen LogP contribution in [0.3, 0.4) is 0 Å². The van der Waals surface area contributed by atoms with Gasteiger partial charge in [-0.2, -0.15) is 5.10 Å². The quantitative estimate of drug-likeness (QED) is 0.889. The first-order valence-corrected chi connectivity index (χ1v) is 6.38. The van der Waals surface area contributed by atoms with Gasteiger partial charge in [-0.05, 0) is 20.8 Å². The molecule has 7 heteroatoms. The van der Waals surface area contributed by atoms with Crippen LogP contribution in [0, 0.1) is 6.92 Å². The Balaban J connectivity index is 2.21. The van der Waals surface area contributed by atoms with Crippen molar-refractivity contribution in [2.45, 2.75) is 26.8 Å². The summed E-state index contributed by atoms with van der Waals surface area (Å²) in [6.07, 6.45) is 1.66. The van der Waals surface area contributed by atoms with E-state index in [4.69, 9.17) is 5.73 Å². The maximum atomic E-state index is 12.1. The Morgan fingerprint density at radius 3 is 2.83 bits per heavy atom. The molecule has 2 aromatic rings. The van der Waals surface area contributed by atoms with Gasteiger partial charge in [0.25, 0.3) is 5.91 Å². The van der Waals surface area contributed by atoms with Gasteiger partial charge in [-0.1, -0.05) is 11.3 Å². The number of nitrogen functional groups attached to an aromatic ring is 1. The van der Waals surface area contributed by atoms with Crippen molar-refractivity contribution >= 4 is 28.2 Å². The number of carbonyl (C=O) groups excluding carboxylic acids is 1. The maximum absolute atomic E-state index is 12.1. The van der Waals surface area contributed by atoms with Gasteiger partial charge in [0.1, 0.15) is 10.7 Å². The summed E-state index contributed by atoms with van der Waals surface area (Å²) in [4.78, 5) is 16.6. The molecule has 1 amide bonds. The Kier molecular flexibility index (Phi) is 3.33. The monoisotopic (exact) mass is 265 g/mol. The molecule has 2 heterocycles. The number of anilines is 2. The number of hydrogen-bond acceptors (Lipinski definition) is 5. The van der Waals surface area contributed by atoms with Crippen molar-refractivity contribution in [2.24, 2.45) is 0 Å². The number of thiazole rings is 1. The minimum Gasteiger partial charge on any atom is -0.375 e. The fourth-order valence-electron chi connectivity index (χ4n) is 1.63. The van der Waals surface area contributed by atoms with Crippen LogP contribution in [0.15, 0.2) is 12.3 Å². The van der Waals surface area contributed by atoms with Gasteiger partial charge >= 0.3 is 0 Å². The van der Waals surface area contributed by atoms with E-state index in [0.29, 0.717) is 21.5 Å². The predicted octanol–water partition coefficient (Wildman–Crippen LogP) is 2.06. The zero-order valence-electron chi connectivity index (χ0n) is 10.5. The molecule has 0 fully saturated rings. The van der Waals surface area contributed by atoms with E-state index in [9.17, 15) is 4.79 Å². The van der Waals surface area contributed by atoms with Crippen LogP contribution in [-0.2, 0) is 0 Å². The maximum Gasteiger partial charge on any atom is 0.268 e. The Labute approximate surface area is 109 Å². The fourth-order valence-corrected chi connectivity index (χ4v) is 2.35. The molecule has 0 bridgehead atoms. The van der Waals surface area contributed by atoms with E-state index in [0.717, 1.165) is 0 Å². The lowest BCUT2D eigenvalue weighted by molar-refractivity contribution is 0.102. The molecule has 0 aliphatic heterocycles. The molecule has 6 nitrogen and oxygen atoms in total. The highest BCUT2D eigenvalue weighted by Crippen LogP contribution is 2.21. The van der Waals surface area contributed by atoms with Gasteiger partial charge in [0.2, 0.25) is 0 Å². The van der Waals surface area contributed by atoms with Crippen molar-refractivity contribution in [1.29, 1.82) is 0 Å². The van der Waals surface area contributed by atoms with Gasteiger partial charge in [0, 0.05) is 12.1 Å². The zero-order valence-corrected chi connectivity index (χ0v) is 11.3. The average molecular weight is 265 g/mol. The number of nitrogens with two attached hydrogens (primary N) is 1. The molecule has 0 aliphatic carbocycles. The van der Waals surface area contributed by atoms with Crippen LogP contribution in [0.25, 0.3) is 0 Å². The molecule has 0 unspecified atom stereocenters. The molecule has 0 spiro atoms. The molecular weight excluding hydrogens is 250 g/mol. The first kappa shape index (κ1) is 12.6. The number of aromatic nitrogens is 3. The van der Waals surface area contributed by atoms with E-state index in [2.05, 4.69) is 15.4 Å². The van der Waals surface area contributed by atoms with Crippen molar-refractivity contribution in [3.05, 3.63) is 22.8 Å². The minimum absolute atomic E-state index is 0.183. The molecule has 0 saturated carbocycles. The Morgan fingerprint density at radius 2 is 2.28 bits per heavy atom. The third kappa shape index (κ3) is 2.35. The summed E-state index contributed by atoms with van der Waals surface area (Å²) < 4.78 is 1.75.